The van der Waals surface area contributed by atoms with Crippen LogP contribution in [-0.4, -0.2) is 50.2 Å². The normalized spacial score (nSPS) is 11.4. The molecule has 0 saturated heterocycles. The van der Waals surface area contributed by atoms with Crippen molar-refractivity contribution in [2.75, 3.05) is 45.6 Å². The first kappa shape index (κ1) is 19.0. The lowest BCUT2D eigenvalue weighted by Gasteiger charge is -2.18. The number of nitrogens with one attached hydrogen (secondary N) is 3. The van der Waals surface area contributed by atoms with Gasteiger partial charge in [0.1, 0.15) is 0 Å². The number of H-pyrrole nitrogens is 1. The molecule has 0 fully saturated rings. The van der Waals surface area contributed by atoms with Crippen molar-refractivity contribution in [1.29, 1.82) is 0 Å². The van der Waals surface area contributed by atoms with E-state index in [0.29, 0.717) is 5.56 Å². The van der Waals surface area contributed by atoms with Gasteiger partial charge in [-0.2, -0.15) is 4.90 Å². The Morgan fingerprint density at radius 3 is 2.59 bits per heavy atom. The van der Waals surface area contributed by atoms with Crippen molar-refractivity contribution in [3.8, 4) is 11.3 Å². The van der Waals surface area contributed by atoms with Crippen LogP contribution >= 0.6 is 0 Å². The summed E-state index contributed by atoms with van der Waals surface area (Å²) in [5, 5.41) is 31.0. The van der Waals surface area contributed by atoms with Gasteiger partial charge in [-0.1, -0.05) is 24.3 Å². The van der Waals surface area contributed by atoms with Gasteiger partial charge in [-0.15, -0.1) is 0 Å². The Morgan fingerprint density at radius 1 is 1.00 bits per heavy atom. The SMILES string of the molecule is CN(C)CCNCCCNc1c2c(=[N+]([O-])[O-])cccc-2[nH]c2ccccc12. The van der Waals surface area contributed by atoms with E-state index < -0.39 is 0 Å². The molecule has 1 aromatic carbocycles. The van der Waals surface area contributed by atoms with Gasteiger partial charge in [-0.3, -0.25) is 0 Å². The van der Waals surface area contributed by atoms with Crippen molar-refractivity contribution in [2.45, 2.75) is 6.42 Å². The van der Waals surface area contributed by atoms with Crippen molar-refractivity contribution in [3.05, 3.63) is 58.2 Å². The molecule has 0 saturated carbocycles. The first-order chi connectivity index (χ1) is 13.1. The van der Waals surface area contributed by atoms with Crippen LogP contribution in [0.1, 0.15) is 6.42 Å². The highest BCUT2D eigenvalue weighted by atomic mass is 16.8. The summed E-state index contributed by atoms with van der Waals surface area (Å²) in [7, 11) is 4.11. The maximum atomic E-state index is 11.6. The lowest BCUT2D eigenvalue weighted by Crippen LogP contribution is -2.28. The van der Waals surface area contributed by atoms with Crippen LogP contribution in [-0.2, 0) is 0 Å². The Kier molecular flexibility index (Phi) is 6.16. The minimum absolute atomic E-state index is 0.112. The van der Waals surface area contributed by atoms with Crippen LogP contribution < -0.4 is 20.9 Å². The molecule has 1 aliphatic carbocycles. The van der Waals surface area contributed by atoms with Crippen molar-refractivity contribution in [2.24, 2.45) is 0 Å². The summed E-state index contributed by atoms with van der Waals surface area (Å²) in [5.41, 5.74) is 3.16. The second-order valence-corrected chi connectivity index (χ2v) is 6.84. The number of fused-ring (bicyclic) bond motifs is 2. The smallest absolute Gasteiger partial charge is 0.234 e. The van der Waals surface area contributed by atoms with Crippen LogP contribution in [0.2, 0.25) is 0 Å². The molecule has 1 heterocycles. The molecule has 27 heavy (non-hydrogen) atoms. The van der Waals surface area contributed by atoms with Gasteiger partial charge in [-0.25, -0.2) is 0 Å². The Morgan fingerprint density at radius 2 is 1.81 bits per heavy atom. The number of pyridine rings is 1. The van der Waals surface area contributed by atoms with Crippen molar-refractivity contribution < 1.29 is 0 Å². The molecule has 144 valence electrons. The van der Waals surface area contributed by atoms with E-state index in [1.807, 2.05) is 30.3 Å². The predicted octanol–water partition coefficient (Wildman–Crippen LogP) is 1.99. The molecule has 0 unspecified atom stereocenters. The first-order valence-corrected chi connectivity index (χ1v) is 9.18. The van der Waals surface area contributed by atoms with Crippen LogP contribution in [0.4, 0.5) is 5.69 Å². The molecule has 0 bridgehead atoms. The predicted molar refractivity (Wildman–Crippen MR) is 111 cm³/mol. The number of rotatable bonds is 8. The molecule has 0 spiro atoms. The summed E-state index contributed by atoms with van der Waals surface area (Å²) in [6.45, 7) is 3.59. The summed E-state index contributed by atoms with van der Waals surface area (Å²) >= 11 is 0. The average Bonchev–Trinajstić information content (AvgIpc) is 2.65. The fraction of sp³-hybridized carbons (Fsp3) is 0.350. The van der Waals surface area contributed by atoms with Gasteiger partial charge in [-0.05, 0) is 39.2 Å². The third-order valence-corrected chi connectivity index (χ3v) is 4.52. The van der Waals surface area contributed by atoms with E-state index in [1.54, 1.807) is 12.1 Å². The molecule has 3 rings (SSSR count). The van der Waals surface area contributed by atoms with E-state index in [4.69, 9.17) is 0 Å². The fourth-order valence-electron chi connectivity index (χ4n) is 3.19. The second-order valence-electron chi connectivity index (χ2n) is 6.84. The molecule has 7 nitrogen and oxygen atoms in total. The number of aromatic nitrogens is 1. The van der Waals surface area contributed by atoms with Gasteiger partial charge < -0.3 is 30.9 Å². The highest BCUT2D eigenvalue weighted by Gasteiger charge is 2.17. The monoisotopic (exact) mass is 368 g/mol. The number of hydrogen-bond acceptors (Lipinski definition) is 5. The van der Waals surface area contributed by atoms with Crippen molar-refractivity contribution in [3.63, 3.8) is 0 Å². The van der Waals surface area contributed by atoms with Crippen LogP contribution in [0, 0.1) is 10.4 Å². The van der Waals surface area contributed by atoms with Gasteiger partial charge in [0, 0.05) is 36.6 Å². The molecule has 0 atom stereocenters. The molecule has 7 heteroatoms. The molecule has 0 aromatic heterocycles. The fourth-order valence-corrected chi connectivity index (χ4v) is 3.19. The van der Waals surface area contributed by atoms with Crippen LogP contribution in [0.25, 0.3) is 22.2 Å². The third-order valence-electron chi connectivity index (χ3n) is 4.52. The van der Waals surface area contributed by atoms with E-state index in [0.717, 1.165) is 54.9 Å². The Hall–Kier alpha value is -2.77. The van der Waals surface area contributed by atoms with Crippen molar-refractivity contribution in [1.82, 2.24) is 20.1 Å². The Labute approximate surface area is 158 Å². The number of aromatic amines is 1. The molecular weight excluding hydrogens is 342 g/mol. The molecule has 1 aliphatic heterocycles. The zero-order chi connectivity index (χ0) is 19.2. The minimum Gasteiger partial charge on any atom is -0.612 e. The summed E-state index contributed by atoms with van der Waals surface area (Å²) in [6, 6.07) is 13.0. The topological polar surface area (TPSA) is 92.2 Å². The average molecular weight is 368 g/mol. The largest absolute Gasteiger partial charge is 0.612 e. The highest BCUT2D eigenvalue weighted by molar-refractivity contribution is 6.00. The van der Waals surface area contributed by atoms with E-state index in [9.17, 15) is 10.4 Å². The summed E-state index contributed by atoms with van der Waals surface area (Å²) in [5.74, 6) is 0. The van der Waals surface area contributed by atoms with E-state index >= 15 is 0 Å². The van der Waals surface area contributed by atoms with Gasteiger partial charge in [0.25, 0.3) is 0 Å². The molecule has 3 N–H and O–H groups in total. The van der Waals surface area contributed by atoms with Crippen LogP contribution in [0.5, 0.6) is 0 Å². The van der Waals surface area contributed by atoms with E-state index in [-0.39, 0.29) is 10.3 Å². The molecule has 1 aromatic rings. The minimum atomic E-state index is -0.321. The van der Waals surface area contributed by atoms with E-state index in [2.05, 4.69) is 34.6 Å². The van der Waals surface area contributed by atoms with Crippen molar-refractivity contribution >= 4 is 16.6 Å². The van der Waals surface area contributed by atoms with E-state index in [1.165, 1.54) is 0 Å². The number of hydrogen-bond donors (Lipinski definition) is 3. The van der Waals surface area contributed by atoms with Crippen LogP contribution in [0.15, 0.2) is 42.5 Å². The Bertz CT molecular complexity index is 931. The molecule has 0 amide bonds. The standard InChI is InChI=1S/C20H26N5O2/c1-24(2)14-13-21-11-6-12-22-20-15-7-3-4-8-16(15)23-17-9-5-10-18(19(17)20)25(26)27/h3-5,7-10,21-23H,6,11-14H2,1-2H3/q-1. The first-order valence-electron chi connectivity index (χ1n) is 9.18. The second kappa shape index (κ2) is 8.75. The quantitative estimate of drug-likeness (QED) is 0.321. The summed E-state index contributed by atoms with van der Waals surface area (Å²) in [4.78, 5) is 5.13. The number of likely N-dealkylation sites (N-methyl/N-ethyl adjacent to an activating group) is 1. The van der Waals surface area contributed by atoms with Gasteiger partial charge in [0.05, 0.1) is 16.9 Å². The Balaban J connectivity index is 1.85. The maximum Gasteiger partial charge on any atom is 0.234 e. The zero-order valence-electron chi connectivity index (χ0n) is 15.8. The number of nitrogens with zero attached hydrogens (tertiary/aromatic N) is 2. The molecule has 2 aliphatic rings. The third kappa shape index (κ3) is 4.50. The summed E-state index contributed by atoms with van der Waals surface area (Å²) in [6.07, 6.45) is 0.933. The molecule has 0 radical (unpaired) electrons. The lowest BCUT2D eigenvalue weighted by atomic mass is 10.0. The molecular formula is C20H26N5O2-. The maximum absolute atomic E-state index is 11.6. The number of para-hydroxylation sites is 1. The zero-order valence-corrected chi connectivity index (χ0v) is 15.8. The van der Waals surface area contributed by atoms with Gasteiger partial charge in [0.2, 0.25) is 5.36 Å². The van der Waals surface area contributed by atoms with Gasteiger partial charge in [0.15, 0.2) is 0 Å². The summed E-state index contributed by atoms with van der Waals surface area (Å²) < 4.78 is 0. The van der Waals surface area contributed by atoms with Gasteiger partial charge >= 0.3 is 0 Å². The van der Waals surface area contributed by atoms with Crippen LogP contribution in [0.3, 0.4) is 0 Å². The number of anilines is 1. The number of benzene rings is 2. The lowest BCUT2D eigenvalue weighted by molar-refractivity contribution is 0.400. The highest BCUT2D eigenvalue weighted by Crippen LogP contribution is 2.32.